The van der Waals surface area contributed by atoms with Crippen molar-refractivity contribution in [2.45, 2.75) is 38.1 Å². The van der Waals surface area contributed by atoms with E-state index in [-0.39, 0.29) is 24.1 Å². The van der Waals surface area contributed by atoms with Gasteiger partial charge in [-0.15, -0.1) is 11.3 Å². The van der Waals surface area contributed by atoms with E-state index in [0.29, 0.717) is 28.6 Å². The molecule has 1 aliphatic carbocycles. The van der Waals surface area contributed by atoms with E-state index in [2.05, 4.69) is 17.1 Å². The number of rotatable bonds is 11. The first-order valence-corrected chi connectivity index (χ1v) is 12.1. The van der Waals surface area contributed by atoms with Crippen molar-refractivity contribution in [1.82, 2.24) is 9.88 Å². The molecule has 1 amide bonds. The number of benzene rings is 2. The summed E-state index contributed by atoms with van der Waals surface area (Å²) >= 11 is 1.41. The zero-order chi connectivity index (χ0) is 24.1. The van der Waals surface area contributed by atoms with E-state index >= 15 is 0 Å². The number of methoxy groups -OCH3 is 2. The van der Waals surface area contributed by atoms with E-state index in [1.807, 2.05) is 18.2 Å². The summed E-state index contributed by atoms with van der Waals surface area (Å²) in [4.78, 5) is 32.2. The molecular weight excluding hydrogens is 452 g/mol. The topological polar surface area (TPSA) is 89.0 Å². The number of aromatic carboxylic acids is 1. The molecule has 7 nitrogen and oxygen atoms in total. The molecule has 0 bridgehead atoms. The van der Waals surface area contributed by atoms with Crippen LogP contribution in [0.5, 0.6) is 11.5 Å². The number of carbonyl (C=O) groups is 2. The molecule has 0 saturated heterocycles. The van der Waals surface area contributed by atoms with Crippen molar-refractivity contribution in [2.24, 2.45) is 0 Å². The maximum atomic E-state index is 13.6. The number of hydrogen-bond donors (Lipinski definition) is 1. The SMILES string of the molecule is COc1cc(OC)cc(C(=O)N(CCCc2ccccc2)Cc2nc(C(=O)O)c(C3CC3)s2)c1. The Kier molecular flexibility index (Phi) is 7.47. The Bertz CT molecular complexity index is 1140. The van der Waals surface area contributed by atoms with E-state index < -0.39 is 5.97 Å². The Morgan fingerprint density at radius 1 is 1.09 bits per heavy atom. The van der Waals surface area contributed by atoms with Crippen molar-refractivity contribution in [2.75, 3.05) is 20.8 Å². The van der Waals surface area contributed by atoms with E-state index in [9.17, 15) is 14.7 Å². The predicted octanol–water partition coefficient (Wildman–Crippen LogP) is 5.01. The number of nitrogens with zero attached hydrogens (tertiary/aromatic N) is 2. The average molecular weight is 481 g/mol. The molecule has 0 radical (unpaired) electrons. The quantitative estimate of drug-likeness (QED) is 0.415. The molecule has 0 atom stereocenters. The Morgan fingerprint density at radius 3 is 2.35 bits per heavy atom. The third-order valence-corrected chi connectivity index (χ3v) is 7.00. The van der Waals surface area contributed by atoms with Crippen LogP contribution in [0.1, 0.15) is 61.5 Å². The summed E-state index contributed by atoms with van der Waals surface area (Å²) < 4.78 is 10.7. The van der Waals surface area contributed by atoms with Gasteiger partial charge in [-0.1, -0.05) is 30.3 Å². The van der Waals surface area contributed by atoms with Crippen LogP contribution in [0.3, 0.4) is 0 Å². The van der Waals surface area contributed by atoms with Crippen molar-refractivity contribution in [3.05, 3.63) is 75.2 Å². The summed E-state index contributed by atoms with van der Waals surface area (Å²) in [5, 5.41) is 10.2. The van der Waals surface area contributed by atoms with Crippen LogP contribution < -0.4 is 9.47 Å². The van der Waals surface area contributed by atoms with Gasteiger partial charge in [-0.3, -0.25) is 4.79 Å². The molecular formula is C26H28N2O5S. The summed E-state index contributed by atoms with van der Waals surface area (Å²) in [5.74, 6) is 0.159. The Balaban J connectivity index is 1.58. The summed E-state index contributed by atoms with van der Waals surface area (Å²) in [6, 6.07) is 15.2. The van der Waals surface area contributed by atoms with Gasteiger partial charge in [0, 0.05) is 23.1 Å². The number of aromatic nitrogens is 1. The highest BCUT2D eigenvalue weighted by Crippen LogP contribution is 2.44. The zero-order valence-electron chi connectivity index (χ0n) is 19.3. The molecule has 8 heteroatoms. The highest BCUT2D eigenvalue weighted by atomic mass is 32.1. The average Bonchev–Trinajstić information content (AvgIpc) is 3.62. The molecule has 4 rings (SSSR count). The van der Waals surface area contributed by atoms with Gasteiger partial charge in [0.1, 0.15) is 16.5 Å². The molecule has 0 unspecified atom stereocenters. The maximum Gasteiger partial charge on any atom is 0.355 e. The lowest BCUT2D eigenvalue weighted by Crippen LogP contribution is -2.32. The number of thiazole rings is 1. The first kappa shape index (κ1) is 23.8. The van der Waals surface area contributed by atoms with Crippen LogP contribution in [0, 0.1) is 0 Å². The number of aryl methyl sites for hydroxylation is 1. The Morgan fingerprint density at radius 2 is 1.76 bits per heavy atom. The third kappa shape index (κ3) is 5.75. The van der Waals surface area contributed by atoms with Crippen molar-refractivity contribution in [3.8, 4) is 11.5 Å². The molecule has 1 fully saturated rings. The predicted molar refractivity (Wildman–Crippen MR) is 130 cm³/mol. The van der Waals surface area contributed by atoms with E-state index in [4.69, 9.17) is 9.47 Å². The van der Waals surface area contributed by atoms with Crippen LogP contribution >= 0.6 is 11.3 Å². The Hall–Kier alpha value is -3.39. The van der Waals surface area contributed by atoms with Crippen molar-refractivity contribution < 1.29 is 24.2 Å². The van der Waals surface area contributed by atoms with Gasteiger partial charge in [0.15, 0.2) is 5.69 Å². The standard InChI is InChI=1S/C26H28N2O5S/c1-32-20-13-19(14-21(15-20)33-2)25(29)28(12-6-9-17-7-4-3-5-8-17)16-22-27-23(26(30)31)24(34-22)18-10-11-18/h3-5,7-8,13-15,18H,6,9-12,16H2,1-2H3,(H,30,31). The second-order valence-corrected chi connectivity index (χ2v) is 9.43. The van der Waals surface area contributed by atoms with Gasteiger partial charge >= 0.3 is 5.97 Å². The van der Waals surface area contributed by atoms with Gasteiger partial charge in [0.25, 0.3) is 5.91 Å². The molecule has 2 aromatic carbocycles. The smallest absolute Gasteiger partial charge is 0.355 e. The summed E-state index contributed by atoms with van der Waals surface area (Å²) in [6.07, 6.45) is 3.58. The first-order valence-electron chi connectivity index (χ1n) is 11.3. The van der Waals surface area contributed by atoms with E-state index in [0.717, 1.165) is 30.6 Å². The number of carboxylic acids is 1. The number of hydrogen-bond acceptors (Lipinski definition) is 6. The third-order valence-electron chi connectivity index (χ3n) is 5.80. The number of carbonyl (C=O) groups excluding carboxylic acids is 1. The fourth-order valence-corrected chi connectivity index (χ4v) is 5.11. The Labute approximate surface area is 203 Å². The lowest BCUT2D eigenvalue weighted by Gasteiger charge is -2.22. The largest absolute Gasteiger partial charge is 0.497 e. The molecule has 0 aliphatic heterocycles. The van der Waals surface area contributed by atoms with Crippen LogP contribution in [0.25, 0.3) is 0 Å². The molecule has 1 heterocycles. The molecule has 3 aromatic rings. The van der Waals surface area contributed by atoms with Crippen molar-refractivity contribution >= 4 is 23.2 Å². The highest BCUT2D eigenvalue weighted by molar-refractivity contribution is 7.12. The number of carboxylic acid groups (broad SMARTS) is 1. The fraction of sp³-hybridized carbons (Fsp3) is 0.346. The second-order valence-electron chi connectivity index (χ2n) is 8.32. The van der Waals surface area contributed by atoms with Crippen LogP contribution in [0.2, 0.25) is 0 Å². The molecule has 0 spiro atoms. The lowest BCUT2D eigenvalue weighted by atomic mass is 10.1. The van der Waals surface area contributed by atoms with Gasteiger partial charge in [-0.25, -0.2) is 9.78 Å². The van der Waals surface area contributed by atoms with Crippen molar-refractivity contribution in [3.63, 3.8) is 0 Å². The minimum Gasteiger partial charge on any atom is -0.497 e. The van der Waals surface area contributed by atoms with Gasteiger partial charge in [0.05, 0.1) is 20.8 Å². The summed E-state index contributed by atoms with van der Waals surface area (Å²) in [7, 11) is 3.09. The normalized spacial score (nSPS) is 12.9. The highest BCUT2D eigenvalue weighted by Gasteiger charge is 2.32. The zero-order valence-corrected chi connectivity index (χ0v) is 20.1. The molecule has 1 aliphatic rings. The lowest BCUT2D eigenvalue weighted by molar-refractivity contribution is 0.0689. The minimum atomic E-state index is -1.01. The van der Waals surface area contributed by atoms with Crippen molar-refractivity contribution in [1.29, 1.82) is 0 Å². The van der Waals surface area contributed by atoms with Crippen LogP contribution in [-0.2, 0) is 13.0 Å². The second kappa shape index (κ2) is 10.7. The van der Waals surface area contributed by atoms with Gasteiger partial charge < -0.3 is 19.5 Å². The summed E-state index contributed by atoms with van der Waals surface area (Å²) in [5.41, 5.74) is 1.78. The first-order chi connectivity index (χ1) is 16.5. The molecule has 34 heavy (non-hydrogen) atoms. The summed E-state index contributed by atoms with van der Waals surface area (Å²) in [6.45, 7) is 0.763. The van der Waals surface area contributed by atoms with E-state index in [1.165, 1.54) is 16.9 Å². The van der Waals surface area contributed by atoms with Gasteiger partial charge in [-0.05, 0) is 49.3 Å². The van der Waals surface area contributed by atoms with E-state index in [1.54, 1.807) is 37.3 Å². The molecule has 1 saturated carbocycles. The molecule has 1 N–H and O–H groups in total. The van der Waals surface area contributed by atoms with Gasteiger partial charge in [0.2, 0.25) is 0 Å². The molecule has 178 valence electrons. The van der Waals surface area contributed by atoms with Crippen LogP contribution in [0.4, 0.5) is 0 Å². The van der Waals surface area contributed by atoms with Crippen LogP contribution in [0.15, 0.2) is 48.5 Å². The molecule has 1 aromatic heterocycles. The monoisotopic (exact) mass is 480 g/mol. The minimum absolute atomic E-state index is 0.127. The number of ether oxygens (including phenoxy) is 2. The number of amides is 1. The van der Waals surface area contributed by atoms with Crippen LogP contribution in [-0.4, -0.2) is 47.6 Å². The van der Waals surface area contributed by atoms with Gasteiger partial charge in [-0.2, -0.15) is 0 Å². The fourth-order valence-electron chi connectivity index (χ4n) is 3.87. The maximum absolute atomic E-state index is 13.6.